The van der Waals surface area contributed by atoms with Crippen LogP contribution in [0.4, 0.5) is 5.82 Å². The van der Waals surface area contributed by atoms with Crippen LogP contribution in [0, 0.1) is 11.3 Å². The van der Waals surface area contributed by atoms with E-state index in [0.717, 1.165) is 0 Å². The van der Waals surface area contributed by atoms with Gasteiger partial charge in [-0.1, -0.05) is 6.92 Å². The molecule has 0 radical (unpaired) electrons. The SMILES string of the molecule is CCc1ncc(S(=O)(=O)Nc2[nH]ncc2C#N)[nH]1. The van der Waals surface area contributed by atoms with Gasteiger partial charge >= 0.3 is 0 Å². The molecule has 2 aromatic rings. The summed E-state index contributed by atoms with van der Waals surface area (Å²) in [5.74, 6) is 0.602. The molecule has 0 saturated carbocycles. The van der Waals surface area contributed by atoms with Gasteiger partial charge in [-0.15, -0.1) is 0 Å². The molecule has 0 aliphatic heterocycles. The Morgan fingerprint density at radius 3 is 2.89 bits per heavy atom. The van der Waals surface area contributed by atoms with Crippen LogP contribution in [-0.4, -0.2) is 28.6 Å². The van der Waals surface area contributed by atoms with E-state index >= 15 is 0 Å². The summed E-state index contributed by atoms with van der Waals surface area (Å²) >= 11 is 0. The van der Waals surface area contributed by atoms with Crippen molar-refractivity contribution in [1.82, 2.24) is 20.2 Å². The summed E-state index contributed by atoms with van der Waals surface area (Å²) in [6.07, 6.45) is 3.06. The number of hydrogen-bond acceptors (Lipinski definition) is 5. The predicted molar refractivity (Wildman–Crippen MR) is 62.1 cm³/mol. The van der Waals surface area contributed by atoms with E-state index in [1.54, 1.807) is 0 Å². The van der Waals surface area contributed by atoms with E-state index in [4.69, 9.17) is 5.26 Å². The largest absolute Gasteiger partial charge is 0.332 e. The fourth-order valence-corrected chi connectivity index (χ4v) is 2.28. The summed E-state index contributed by atoms with van der Waals surface area (Å²) in [4.78, 5) is 6.58. The van der Waals surface area contributed by atoms with Crippen LogP contribution in [0.15, 0.2) is 17.4 Å². The number of rotatable bonds is 4. The molecular formula is C9H10N6O2S. The average Bonchev–Trinajstić information content (AvgIpc) is 2.96. The summed E-state index contributed by atoms with van der Waals surface area (Å²) in [6.45, 7) is 1.85. The van der Waals surface area contributed by atoms with E-state index in [9.17, 15) is 8.42 Å². The van der Waals surface area contributed by atoms with Crippen molar-refractivity contribution in [3.05, 3.63) is 23.8 Å². The zero-order chi connectivity index (χ0) is 13.2. The van der Waals surface area contributed by atoms with E-state index in [0.29, 0.717) is 12.2 Å². The molecule has 2 aromatic heterocycles. The number of anilines is 1. The molecule has 2 heterocycles. The number of nitriles is 1. The summed E-state index contributed by atoms with van der Waals surface area (Å²) in [5, 5.41) is 14.7. The Hall–Kier alpha value is -2.34. The number of nitrogens with one attached hydrogen (secondary N) is 3. The van der Waals surface area contributed by atoms with Crippen molar-refractivity contribution in [3.63, 3.8) is 0 Å². The molecule has 0 atom stereocenters. The van der Waals surface area contributed by atoms with Gasteiger partial charge in [0.25, 0.3) is 10.0 Å². The third-order valence-electron chi connectivity index (χ3n) is 2.23. The van der Waals surface area contributed by atoms with Crippen molar-refractivity contribution in [2.24, 2.45) is 0 Å². The number of imidazole rings is 1. The first kappa shape index (κ1) is 12.1. The molecule has 0 amide bonds. The molecule has 2 rings (SSSR count). The van der Waals surface area contributed by atoms with Crippen LogP contribution in [0.1, 0.15) is 18.3 Å². The van der Waals surface area contributed by atoms with E-state index < -0.39 is 10.0 Å². The highest BCUT2D eigenvalue weighted by atomic mass is 32.2. The molecule has 8 nitrogen and oxygen atoms in total. The quantitative estimate of drug-likeness (QED) is 0.736. The zero-order valence-electron chi connectivity index (χ0n) is 9.43. The molecule has 0 aromatic carbocycles. The van der Waals surface area contributed by atoms with Crippen molar-refractivity contribution in [3.8, 4) is 6.07 Å². The minimum absolute atomic E-state index is 0.0325. The van der Waals surface area contributed by atoms with Gasteiger partial charge in [-0.3, -0.25) is 9.82 Å². The first-order valence-electron chi connectivity index (χ1n) is 5.07. The van der Waals surface area contributed by atoms with E-state index in [-0.39, 0.29) is 16.4 Å². The Balaban J connectivity index is 2.30. The minimum atomic E-state index is -3.80. The average molecular weight is 266 g/mol. The van der Waals surface area contributed by atoms with Gasteiger partial charge in [-0.2, -0.15) is 18.8 Å². The summed E-state index contributed by atoms with van der Waals surface area (Å²) in [7, 11) is -3.80. The number of aromatic amines is 2. The van der Waals surface area contributed by atoms with Crippen LogP contribution < -0.4 is 4.72 Å². The van der Waals surface area contributed by atoms with Crippen molar-refractivity contribution < 1.29 is 8.42 Å². The maximum Gasteiger partial charge on any atom is 0.280 e. The maximum absolute atomic E-state index is 12.0. The fourth-order valence-electron chi connectivity index (χ4n) is 1.30. The van der Waals surface area contributed by atoms with Gasteiger partial charge in [0.15, 0.2) is 10.8 Å². The lowest BCUT2D eigenvalue weighted by Crippen LogP contribution is -2.14. The lowest BCUT2D eigenvalue weighted by atomic mass is 10.4. The van der Waals surface area contributed by atoms with Crippen LogP contribution in [0.25, 0.3) is 0 Å². The topological polar surface area (TPSA) is 127 Å². The third-order valence-corrected chi connectivity index (χ3v) is 3.49. The molecule has 0 spiro atoms. The molecule has 0 unspecified atom stereocenters. The van der Waals surface area contributed by atoms with Gasteiger partial charge in [-0.25, -0.2) is 4.98 Å². The highest BCUT2D eigenvalue weighted by Gasteiger charge is 2.19. The Morgan fingerprint density at radius 1 is 1.50 bits per heavy atom. The lowest BCUT2D eigenvalue weighted by molar-refractivity contribution is 0.597. The van der Waals surface area contributed by atoms with Gasteiger partial charge in [0.2, 0.25) is 0 Å². The second kappa shape index (κ2) is 4.50. The van der Waals surface area contributed by atoms with Crippen molar-refractivity contribution in [2.45, 2.75) is 18.4 Å². The van der Waals surface area contributed by atoms with Crippen molar-refractivity contribution in [2.75, 3.05) is 4.72 Å². The number of hydrogen-bond donors (Lipinski definition) is 3. The van der Waals surface area contributed by atoms with Crippen molar-refractivity contribution in [1.29, 1.82) is 5.26 Å². The molecule has 0 aliphatic carbocycles. The zero-order valence-corrected chi connectivity index (χ0v) is 10.2. The number of sulfonamides is 1. The van der Waals surface area contributed by atoms with Gasteiger partial charge in [0.1, 0.15) is 17.5 Å². The van der Waals surface area contributed by atoms with Crippen LogP contribution >= 0.6 is 0 Å². The number of aromatic nitrogens is 4. The molecule has 0 aliphatic rings. The highest BCUT2D eigenvalue weighted by molar-refractivity contribution is 7.92. The smallest absolute Gasteiger partial charge is 0.280 e. The second-order valence-electron chi connectivity index (χ2n) is 3.42. The van der Waals surface area contributed by atoms with Gasteiger partial charge < -0.3 is 4.98 Å². The first-order chi connectivity index (χ1) is 8.56. The van der Waals surface area contributed by atoms with Crippen LogP contribution in [0.2, 0.25) is 0 Å². The maximum atomic E-state index is 12.0. The summed E-state index contributed by atoms with van der Waals surface area (Å²) < 4.78 is 26.1. The molecule has 0 saturated heterocycles. The normalized spacial score (nSPS) is 11.1. The number of nitrogens with zero attached hydrogens (tertiary/aromatic N) is 3. The van der Waals surface area contributed by atoms with E-state index in [1.165, 1.54) is 12.4 Å². The molecule has 94 valence electrons. The van der Waals surface area contributed by atoms with E-state index in [2.05, 4.69) is 24.9 Å². The fraction of sp³-hybridized carbons (Fsp3) is 0.222. The molecule has 18 heavy (non-hydrogen) atoms. The van der Waals surface area contributed by atoms with Crippen LogP contribution in [0.5, 0.6) is 0 Å². The second-order valence-corrected chi connectivity index (χ2v) is 5.07. The predicted octanol–water partition coefficient (Wildman–Crippen LogP) is 0.368. The Morgan fingerprint density at radius 2 is 2.28 bits per heavy atom. The number of aryl methyl sites for hydroxylation is 1. The molecule has 9 heteroatoms. The first-order valence-corrected chi connectivity index (χ1v) is 6.55. The van der Waals surface area contributed by atoms with Crippen LogP contribution in [-0.2, 0) is 16.4 Å². The minimum Gasteiger partial charge on any atom is -0.332 e. The summed E-state index contributed by atoms with van der Waals surface area (Å²) in [5.41, 5.74) is 0.119. The lowest BCUT2D eigenvalue weighted by Gasteiger charge is -2.03. The van der Waals surface area contributed by atoms with E-state index in [1.807, 2.05) is 13.0 Å². The van der Waals surface area contributed by atoms with Crippen LogP contribution in [0.3, 0.4) is 0 Å². The molecule has 0 fully saturated rings. The number of H-pyrrole nitrogens is 2. The molecular weight excluding hydrogens is 256 g/mol. The molecule has 3 N–H and O–H groups in total. The Kier molecular flexibility index (Phi) is 3.03. The summed E-state index contributed by atoms with van der Waals surface area (Å²) in [6, 6.07) is 1.82. The standard InChI is InChI=1S/C9H10N6O2S/c1-2-7-11-5-8(13-7)18(16,17)15-9-6(3-10)4-12-14-9/h4-5H,2H2,1H3,(H,11,13)(H2,12,14,15). The molecule has 0 bridgehead atoms. The Bertz CT molecular complexity index is 693. The highest BCUT2D eigenvalue weighted by Crippen LogP contribution is 2.15. The monoisotopic (exact) mass is 266 g/mol. The Labute approximate surface area is 103 Å². The van der Waals surface area contributed by atoms with Gasteiger partial charge in [0, 0.05) is 6.42 Å². The van der Waals surface area contributed by atoms with Crippen molar-refractivity contribution >= 4 is 15.8 Å². The third kappa shape index (κ3) is 2.18. The van der Waals surface area contributed by atoms with Gasteiger partial charge in [-0.05, 0) is 0 Å². The van der Waals surface area contributed by atoms with Gasteiger partial charge in [0.05, 0.1) is 12.4 Å².